The molecule has 5 rings (SSSR count). The highest BCUT2D eigenvalue weighted by molar-refractivity contribution is 5.90. The first-order valence-electron chi connectivity index (χ1n) is 9.91. The minimum Gasteiger partial charge on any atom is -0.320 e. The van der Waals surface area contributed by atoms with E-state index in [-0.39, 0.29) is 5.82 Å². The van der Waals surface area contributed by atoms with Crippen LogP contribution in [0.15, 0.2) is 42.5 Å². The molecular weight excluding hydrogens is 335 g/mol. The third kappa shape index (κ3) is 2.81. The van der Waals surface area contributed by atoms with Crippen LogP contribution in [-0.4, -0.2) is 22.1 Å². The molecule has 0 bridgehead atoms. The highest BCUT2D eigenvalue weighted by Gasteiger charge is 2.33. The Kier molecular flexibility index (Phi) is 3.94. The summed E-state index contributed by atoms with van der Waals surface area (Å²) in [5.74, 6) is -0.188. The molecule has 1 atom stereocenters. The number of hydrogen-bond donors (Lipinski definition) is 0. The first kappa shape index (κ1) is 16.8. The summed E-state index contributed by atoms with van der Waals surface area (Å²) in [5.41, 5.74) is 7.77. The zero-order chi connectivity index (χ0) is 18.5. The largest absolute Gasteiger partial charge is 0.320 e. The van der Waals surface area contributed by atoms with Gasteiger partial charge in [0.25, 0.3) is 0 Å². The van der Waals surface area contributed by atoms with Crippen molar-refractivity contribution < 1.29 is 4.39 Å². The van der Waals surface area contributed by atoms with Gasteiger partial charge in [0.15, 0.2) is 0 Å². The number of hydrogen-bond acceptors (Lipinski definition) is 1. The molecule has 2 aliphatic rings. The van der Waals surface area contributed by atoms with Crippen LogP contribution in [0.2, 0.25) is 0 Å². The predicted octanol–water partition coefficient (Wildman–Crippen LogP) is 5.63. The quantitative estimate of drug-likeness (QED) is 0.575. The molecule has 2 aliphatic heterocycles. The van der Waals surface area contributed by atoms with Crippen molar-refractivity contribution in [2.24, 2.45) is 0 Å². The fourth-order valence-corrected chi connectivity index (χ4v) is 4.84. The van der Waals surface area contributed by atoms with Crippen molar-refractivity contribution in [2.75, 3.05) is 6.54 Å². The lowest BCUT2D eigenvalue weighted by Crippen LogP contribution is -2.35. The van der Waals surface area contributed by atoms with Gasteiger partial charge in [0.2, 0.25) is 0 Å². The molecule has 0 N–H and O–H groups in total. The van der Waals surface area contributed by atoms with Crippen molar-refractivity contribution in [1.82, 2.24) is 9.47 Å². The maximum absolute atomic E-state index is 13.3. The molecule has 1 fully saturated rings. The molecule has 3 aromatic rings. The summed E-state index contributed by atoms with van der Waals surface area (Å²) in [6, 6.07) is 14.3. The van der Waals surface area contributed by atoms with E-state index < -0.39 is 0 Å². The lowest BCUT2D eigenvalue weighted by atomic mass is 9.98. The molecule has 27 heavy (non-hydrogen) atoms. The Hall–Kier alpha value is -2.39. The van der Waals surface area contributed by atoms with Crippen LogP contribution in [0.4, 0.5) is 4.39 Å². The Morgan fingerprint density at radius 1 is 1.15 bits per heavy atom. The van der Waals surface area contributed by atoms with E-state index in [4.69, 9.17) is 0 Å². The van der Waals surface area contributed by atoms with Crippen molar-refractivity contribution in [3.05, 3.63) is 70.7 Å². The SMILES string of the molecule is C/C(=C\n1c2c(c3cc(C)ccc31)CN1CCCC1C2)c1ccc(F)cc1. The molecule has 2 nitrogen and oxygen atoms in total. The topological polar surface area (TPSA) is 8.17 Å². The van der Waals surface area contributed by atoms with Crippen molar-refractivity contribution in [3.8, 4) is 0 Å². The van der Waals surface area contributed by atoms with Gasteiger partial charge in [0.1, 0.15) is 5.82 Å². The number of allylic oxidation sites excluding steroid dienone is 1. The number of aromatic nitrogens is 1. The molecule has 0 spiro atoms. The summed E-state index contributed by atoms with van der Waals surface area (Å²) in [5, 5.41) is 1.39. The molecule has 0 saturated carbocycles. The van der Waals surface area contributed by atoms with Gasteiger partial charge >= 0.3 is 0 Å². The van der Waals surface area contributed by atoms with E-state index in [0.717, 1.165) is 24.1 Å². The summed E-state index contributed by atoms with van der Waals surface area (Å²) in [6.45, 7) is 6.58. The number of rotatable bonds is 2. The maximum atomic E-state index is 13.3. The van der Waals surface area contributed by atoms with E-state index in [1.165, 1.54) is 59.2 Å². The Balaban J connectivity index is 1.67. The van der Waals surface area contributed by atoms with Crippen LogP contribution in [-0.2, 0) is 13.0 Å². The highest BCUT2D eigenvalue weighted by Crippen LogP contribution is 2.37. The highest BCUT2D eigenvalue weighted by atomic mass is 19.1. The van der Waals surface area contributed by atoms with Crippen LogP contribution in [0.5, 0.6) is 0 Å². The van der Waals surface area contributed by atoms with Gasteiger partial charge in [-0.15, -0.1) is 0 Å². The number of benzene rings is 2. The first-order valence-corrected chi connectivity index (χ1v) is 9.91. The normalized spacial score (nSPS) is 20.1. The minimum atomic E-state index is -0.188. The summed E-state index contributed by atoms with van der Waals surface area (Å²) >= 11 is 0. The first-order chi connectivity index (χ1) is 13.1. The van der Waals surface area contributed by atoms with E-state index in [9.17, 15) is 4.39 Å². The van der Waals surface area contributed by atoms with Gasteiger partial charge in [-0.25, -0.2) is 4.39 Å². The Morgan fingerprint density at radius 2 is 1.96 bits per heavy atom. The number of fused-ring (bicyclic) bond motifs is 4. The number of aryl methyl sites for hydroxylation is 1. The summed E-state index contributed by atoms with van der Waals surface area (Å²) in [4.78, 5) is 2.66. The molecule has 1 saturated heterocycles. The Bertz CT molecular complexity index is 1040. The third-order valence-corrected chi connectivity index (χ3v) is 6.29. The van der Waals surface area contributed by atoms with Gasteiger partial charge in [-0.1, -0.05) is 23.8 Å². The van der Waals surface area contributed by atoms with Gasteiger partial charge < -0.3 is 4.57 Å². The van der Waals surface area contributed by atoms with Crippen molar-refractivity contribution in [2.45, 2.75) is 45.7 Å². The zero-order valence-electron chi connectivity index (χ0n) is 16.0. The average Bonchev–Trinajstić information content (AvgIpc) is 3.23. The van der Waals surface area contributed by atoms with Crippen molar-refractivity contribution in [1.29, 1.82) is 0 Å². The molecule has 1 aromatic heterocycles. The van der Waals surface area contributed by atoms with E-state index in [1.54, 1.807) is 0 Å². The van der Waals surface area contributed by atoms with Gasteiger partial charge in [-0.2, -0.15) is 0 Å². The predicted molar refractivity (Wildman–Crippen MR) is 110 cm³/mol. The number of nitrogens with zero attached hydrogens (tertiary/aromatic N) is 2. The van der Waals surface area contributed by atoms with Gasteiger partial charge in [-0.3, -0.25) is 4.90 Å². The molecule has 138 valence electrons. The summed E-state index contributed by atoms with van der Waals surface area (Å²) in [6.07, 6.45) is 5.99. The van der Waals surface area contributed by atoms with Crippen LogP contribution in [0.1, 0.15) is 42.1 Å². The fraction of sp³-hybridized carbons (Fsp3) is 0.333. The molecule has 0 radical (unpaired) electrons. The Morgan fingerprint density at radius 3 is 2.78 bits per heavy atom. The van der Waals surface area contributed by atoms with Crippen LogP contribution < -0.4 is 0 Å². The average molecular weight is 360 g/mol. The van der Waals surface area contributed by atoms with Crippen LogP contribution in [0.25, 0.3) is 22.7 Å². The van der Waals surface area contributed by atoms with E-state index >= 15 is 0 Å². The molecule has 0 amide bonds. The molecule has 3 heteroatoms. The van der Waals surface area contributed by atoms with Crippen molar-refractivity contribution >= 4 is 22.7 Å². The summed E-state index contributed by atoms with van der Waals surface area (Å²) < 4.78 is 15.7. The van der Waals surface area contributed by atoms with Gasteiger partial charge in [0.05, 0.1) is 5.52 Å². The summed E-state index contributed by atoms with van der Waals surface area (Å²) in [7, 11) is 0. The maximum Gasteiger partial charge on any atom is 0.123 e. The number of halogens is 1. The van der Waals surface area contributed by atoms with Crippen LogP contribution in [0, 0.1) is 12.7 Å². The molecule has 0 aliphatic carbocycles. The monoisotopic (exact) mass is 360 g/mol. The molecule has 2 aromatic carbocycles. The third-order valence-electron chi connectivity index (χ3n) is 6.29. The smallest absolute Gasteiger partial charge is 0.123 e. The lowest BCUT2D eigenvalue weighted by Gasteiger charge is -2.30. The molecule has 3 heterocycles. The van der Waals surface area contributed by atoms with Crippen LogP contribution in [0.3, 0.4) is 0 Å². The van der Waals surface area contributed by atoms with Crippen LogP contribution >= 0.6 is 0 Å². The second-order valence-corrected chi connectivity index (χ2v) is 8.11. The standard InChI is InChI=1S/C24H25FN2/c1-16-5-10-23-21(12-16)22-15-26-11-3-4-20(26)13-24(22)27(23)14-17(2)18-6-8-19(25)9-7-18/h5-10,12,14,20H,3-4,11,13,15H2,1-2H3/b17-14+. The van der Waals surface area contributed by atoms with E-state index in [2.05, 4.69) is 47.7 Å². The van der Waals surface area contributed by atoms with E-state index in [1.807, 2.05) is 12.1 Å². The van der Waals surface area contributed by atoms with Gasteiger partial charge in [-0.05, 0) is 74.2 Å². The molecule has 1 unspecified atom stereocenters. The zero-order valence-corrected chi connectivity index (χ0v) is 16.0. The lowest BCUT2D eigenvalue weighted by molar-refractivity contribution is 0.226. The minimum absolute atomic E-state index is 0.188. The second-order valence-electron chi connectivity index (χ2n) is 8.11. The van der Waals surface area contributed by atoms with Gasteiger partial charge in [0, 0.05) is 36.3 Å². The van der Waals surface area contributed by atoms with E-state index in [0.29, 0.717) is 6.04 Å². The fourth-order valence-electron chi connectivity index (χ4n) is 4.84. The molecular formula is C24H25FN2. The Labute approximate surface area is 159 Å². The van der Waals surface area contributed by atoms with Crippen molar-refractivity contribution in [3.63, 3.8) is 0 Å². The second kappa shape index (κ2) is 6.35.